The number of aromatic nitrogens is 1. The van der Waals surface area contributed by atoms with Crippen LogP contribution in [0.1, 0.15) is 31.9 Å². The van der Waals surface area contributed by atoms with Gasteiger partial charge in [-0.15, -0.1) is 0 Å². The largest absolute Gasteiger partial charge is 0.390 e. The number of aliphatic hydroxyl groups is 1. The van der Waals surface area contributed by atoms with Gasteiger partial charge in [-0.2, -0.15) is 0 Å². The Morgan fingerprint density at radius 1 is 1.44 bits per heavy atom. The molecule has 1 aromatic heterocycles. The van der Waals surface area contributed by atoms with E-state index in [0.29, 0.717) is 0 Å². The molecule has 1 aliphatic rings. The van der Waals surface area contributed by atoms with Crippen molar-refractivity contribution in [2.45, 2.75) is 32.8 Å². The first-order valence-corrected chi connectivity index (χ1v) is 6.15. The SMILES string of the molecule is CCN(CC1CCC1)c1cccc(CO)n1. The van der Waals surface area contributed by atoms with E-state index >= 15 is 0 Å². The summed E-state index contributed by atoms with van der Waals surface area (Å²) in [6.07, 6.45) is 4.10. The number of hydrogen-bond donors (Lipinski definition) is 1. The zero-order valence-electron chi connectivity index (χ0n) is 9.89. The molecule has 3 heteroatoms. The van der Waals surface area contributed by atoms with Gasteiger partial charge in [-0.25, -0.2) is 4.98 Å². The highest BCUT2D eigenvalue weighted by atomic mass is 16.3. The van der Waals surface area contributed by atoms with Crippen LogP contribution in [-0.2, 0) is 6.61 Å². The van der Waals surface area contributed by atoms with E-state index in [1.165, 1.54) is 19.3 Å². The van der Waals surface area contributed by atoms with E-state index in [1.807, 2.05) is 18.2 Å². The van der Waals surface area contributed by atoms with E-state index in [4.69, 9.17) is 5.11 Å². The van der Waals surface area contributed by atoms with Crippen LogP contribution in [0.4, 0.5) is 5.82 Å². The Kier molecular flexibility index (Phi) is 3.78. The zero-order chi connectivity index (χ0) is 11.4. The Labute approximate surface area is 97.1 Å². The molecule has 0 unspecified atom stereocenters. The van der Waals surface area contributed by atoms with Gasteiger partial charge in [0, 0.05) is 13.1 Å². The number of hydrogen-bond acceptors (Lipinski definition) is 3. The highest BCUT2D eigenvalue weighted by Gasteiger charge is 2.20. The number of anilines is 1. The second-order valence-electron chi connectivity index (χ2n) is 4.48. The summed E-state index contributed by atoms with van der Waals surface area (Å²) in [6.45, 7) is 4.28. The highest BCUT2D eigenvalue weighted by molar-refractivity contribution is 5.39. The third-order valence-electron chi connectivity index (χ3n) is 3.36. The zero-order valence-corrected chi connectivity index (χ0v) is 9.89. The summed E-state index contributed by atoms with van der Waals surface area (Å²) in [5.41, 5.74) is 0.754. The lowest BCUT2D eigenvalue weighted by Crippen LogP contribution is -2.33. The van der Waals surface area contributed by atoms with Crippen LogP contribution in [0.2, 0.25) is 0 Å². The molecular formula is C13H20N2O. The monoisotopic (exact) mass is 220 g/mol. The third kappa shape index (κ3) is 2.53. The van der Waals surface area contributed by atoms with Gasteiger partial charge < -0.3 is 10.0 Å². The van der Waals surface area contributed by atoms with Crippen LogP contribution < -0.4 is 4.90 Å². The lowest BCUT2D eigenvalue weighted by molar-refractivity contribution is 0.276. The maximum Gasteiger partial charge on any atom is 0.128 e. The molecule has 88 valence electrons. The number of nitrogens with zero attached hydrogens (tertiary/aromatic N) is 2. The lowest BCUT2D eigenvalue weighted by atomic mass is 9.85. The second-order valence-corrected chi connectivity index (χ2v) is 4.48. The summed E-state index contributed by atoms with van der Waals surface area (Å²) in [4.78, 5) is 6.76. The van der Waals surface area contributed by atoms with Gasteiger partial charge in [-0.05, 0) is 37.8 Å². The van der Waals surface area contributed by atoms with E-state index in [1.54, 1.807) is 0 Å². The minimum absolute atomic E-state index is 0.0226. The first-order chi connectivity index (χ1) is 7.83. The van der Waals surface area contributed by atoms with Crippen LogP contribution in [-0.4, -0.2) is 23.2 Å². The average Bonchev–Trinajstić information content (AvgIpc) is 2.28. The molecule has 0 spiro atoms. The van der Waals surface area contributed by atoms with E-state index in [2.05, 4.69) is 16.8 Å². The van der Waals surface area contributed by atoms with Gasteiger partial charge in [0.15, 0.2) is 0 Å². The fraction of sp³-hybridized carbons (Fsp3) is 0.615. The summed E-state index contributed by atoms with van der Waals surface area (Å²) in [7, 11) is 0. The minimum Gasteiger partial charge on any atom is -0.390 e. The van der Waals surface area contributed by atoms with Crippen molar-refractivity contribution < 1.29 is 5.11 Å². The molecule has 3 nitrogen and oxygen atoms in total. The molecule has 0 atom stereocenters. The predicted molar refractivity (Wildman–Crippen MR) is 65.4 cm³/mol. The van der Waals surface area contributed by atoms with Crippen molar-refractivity contribution in [3.63, 3.8) is 0 Å². The molecule has 0 aromatic carbocycles. The van der Waals surface area contributed by atoms with Gasteiger partial charge >= 0.3 is 0 Å². The van der Waals surface area contributed by atoms with Crippen LogP contribution in [0, 0.1) is 5.92 Å². The number of rotatable bonds is 5. The Hall–Kier alpha value is -1.09. The van der Waals surface area contributed by atoms with Crippen molar-refractivity contribution in [1.82, 2.24) is 4.98 Å². The molecule has 0 amide bonds. The molecule has 0 aliphatic heterocycles. The Morgan fingerprint density at radius 3 is 2.81 bits per heavy atom. The van der Waals surface area contributed by atoms with E-state index in [9.17, 15) is 0 Å². The quantitative estimate of drug-likeness (QED) is 0.826. The summed E-state index contributed by atoms with van der Waals surface area (Å²) < 4.78 is 0. The summed E-state index contributed by atoms with van der Waals surface area (Å²) in [5.74, 6) is 1.85. The molecular weight excluding hydrogens is 200 g/mol. The Balaban J connectivity index is 2.05. The maximum absolute atomic E-state index is 9.07. The van der Waals surface area contributed by atoms with Crippen molar-refractivity contribution >= 4 is 5.82 Å². The first-order valence-electron chi connectivity index (χ1n) is 6.15. The maximum atomic E-state index is 9.07. The van der Waals surface area contributed by atoms with Gasteiger partial charge in [-0.3, -0.25) is 0 Å². The second kappa shape index (κ2) is 5.30. The third-order valence-corrected chi connectivity index (χ3v) is 3.36. The molecule has 1 aromatic rings. The van der Waals surface area contributed by atoms with Crippen LogP contribution in [0.5, 0.6) is 0 Å². The first kappa shape index (κ1) is 11.4. The molecule has 1 N–H and O–H groups in total. The van der Waals surface area contributed by atoms with Gasteiger partial charge in [0.2, 0.25) is 0 Å². The van der Waals surface area contributed by atoms with Crippen molar-refractivity contribution in [3.8, 4) is 0 Å². The molecule has 0 bridgehead atoms. The normalized spacial score (nSPS) is 15.9. The molecule has 1 saturated carbocycles. The molecule has 2 rings (SSSR count). The van der Waals surface area contributed by atoms with Crippen LogP contribution >= 0.6 is 0 Å². The van der Waals surface area contributed by atoms with Crippen LogP contribution in [0.25, 0.3) is 0 Å². The van der Waals surface area contributed by atoms with Gasteiger partial charge in [0.25, 0.3) is 0 Å². The van der Waals surface area contributed by atoms with Crippen LogP contribution in [0.3, 0.4) is 0 Å². The standard InChI is InChI=1S/C13H20N2O/c1-2-15(9-11-5-3-6-11)13-8-4-7-12(10-16)14-13/h4,7-8,11,16H,2-3,5-6,9-10H2,1H3. The average molecular weight is 220 g/mol. The topological polar surface area (TPSA) is 36.4 Å². The lowest BCUT2D eigenvalue weighted by Gasteiger charge is -2.32. The fourth-order valence-electron chi connectivity index (χ4n) is 2.10. The number of pyridine rings is 1. The van der Waals surface area contributed by atoms with Gasteiger partial charge in [0.05, 0.1) is 12.3 Å². The smallest absolute Gasteiger partial charge is 0.128 e. The molecule has 0 saturated heterocycles. The molecule has 1 aliphatic carbocycles. The Bertz CT molecular complexity index is 336. The van der Waals surface area contributed by atoms with Crippen molar-refractivity contribution in [2.24, 2.45) is 5.92 Å². The van der Waals surface area contributed by atoms with Crippen LogP contribution in [0.15, 0.2) is 18.2 Å². The van der Waals surface area contributed by atoms with Gasteiger partial charge in [-0.1, -0.05) is 12.5 Å². The van der Waals surface area contributed by atoms with Crippen molar-refractivity contribution in [2.75, 3.05) is 18.0 Å². The van der Waals surface area contributed by atoms with Crippen molar-refractivity contribution in [1.29, 1.82) is 0 Å². The van der Waals surface area contributed by atoms with Crippen molar-refractivity contribution in [3.05, 3.63) is 23.9 Å². The predicted octanol–water partition coefficient (Wildman–Crippen LogP) is 2.20. The van der Waals surface area contributed by atoms with E-state index < -0.39 is 0 Å². The molecule has 0 radical (unpaired) electrons. The molecule has 1 heterocycles. The van der Waals surface area contributed by atoms with E-state index in [0.717, 1.165) is 30.5 Å². The number of aliphatic hydroxyl groups excluding tert-OH is 1. The summed E-state index contributed by atoms with van der Waals surface area (Å²) in [6, 6.07) is 5.86. The minimum atomic E-state index is 0.0226. The summed E-state index contributed by atoms with van der Waals surface area (Å²) in [5, 5.41) is 9.07. The van der Waals surface area contributed by atoms with Gasteiger partial charge in [0.1, 0.15) is 5.82 Å². The Morgan fingerprint density at radius 2 is 2.25 bits per heavy atom. The fourth-order valence-corrected chi connectivity index (χ4v) is 2.10. The van der Waals surface area contributed by atoms with E-state index in [-0.39, 0.29) is 6.61 Å². The summed E-state index contributed by atoms with van der Waals surface area (Å²) >= 11 is 0. The molecule has 1 fully saturated rings. The molecule has 16 heavy (non-hydrogen) atoms. The highest BCUT2D eigenvalue weighted by Crippen LogP contribution is 2.28.